The Balaban J connectivity index is 1.72. The van der Waals surface area contributed by atoms with E-state index in [1.807, 2.05) is 4.90 Å². The highest BCUT2D eigenvalue weighted by molar-refractivity contribution is 5.83. The topological polar surface area (TPSA) is 41.6 Å². The van der Waals surface area contributed by atoms with E-state index in [1.165, 1.54) is 12.8 Å². The number of ether oxygens (including phenoxy) is 1. The Kier molecular flexibility index (Phi) is 5.01. The lowest BCUT2D eigenvalue weighted by molar-refractivity contribution is -0.129. The molecule has 2 heterocycles. The number of hydrogen-bond donors (Lipinski definition) is 1. The van der Waals surface area contributed by atoms with Gasteiger partial charge in [-0.05, 0) is 38.0 Å². The van der Waals surface area contributed by atoms with Crippen molar-refractivity contribution in [1.82, 2.24) is 10.2 Å². The Labute approximate surface area is 110 Å². The fourth-order valence-electron chi connectivity index (χ4n) is 2.79. The quantitative estimate of drug-likeness (QED) is 0.812. The molecule has 2 fully saturated rings. The van der Waals surface area contributed by atoms with Gasteiger partial charge in [0.25, 0.3) is 0 Å². The van der Waals surface area contributed by atoms with Crippen molar-refractivity contribution in [3.8, 4) is 0 Å². The van der Waals surface area contributed by atoms with E-state index in [0.717, 1.165) is 32.4 Å². The Hall–Kier alpha value is -0.610. The summed E-state index contributed by atoms with van der Waals surface area (Å²) in [6.45, 7) is 6.77. The molecule has 2 aliphatic rings. The van der Waals surface area contributed by atoms with Crippen LogP contribution in [0.3, 0.4) is 0 Å². The zero-order valence-electron chi connectivity index (χ0n) is 11.7. The Morgan fingerprint density at radius 1 is 1.44 bits per heavy atom. The molecule has 2 rings (SSSR count). The van der Waals surface area contributed by atoms with Crippen LogP contribution in [0.1, 0.15) is 46.0 Å². The first-order chi connectivity index (χ1) is 8.66. The second kappa shape index (κ2) is 6.53. The second-order valence-corrected chi connectivity index (χ2v) is 5.92. The van der Waals surface area contributed by atoms with Crippen LogP contribution >= 0.6 is 0 Å². The van der Waals surface area contributed by atoms with Crippen LogP contribution in [0.15, 0.2) is 0 Å². The maximum absolute atomic E-state index is 12.1. The lowest BCUT2D eigenvalue weighted by Crippen LogP contribution is -2.34. The molecule has 0 aromatic heterocycles. The van der Waals surface area contributed by atoms with E-state index < -0.39 is 0 Å². The maximum atomic E-state index is 12.1. The molecule has 0 saturated carbocycles. The number of nitrogens with one attached hydrogen (secondary N) is 1. The molecule has 18 heavy (non-hydrogen) atoms. The van der Waals surface area contributed by atoms with E-state index in [-0.39, 0.29) is 11.9 Å². The molecule has 0 aromatic rings. The molecule has 2 atom stereocenters. The molecule has 1 N–H and O–H groups in total. The van der Waals surface area contributed by atoms with Gasteiger partial charge in [-0.1, -0.05) is 13.8 Å². The third kappa shape index (κ3) is 3.69. The lowest BCUT2D eigenvalue weighted by Gasteiger charge is -2.24. The second-order valence-electron chi connectivity index (χ2n) is 5.92. The fraction of sp³-hybridized carbons (Fsp3) is 0.929. The molecule has 1 amide bonds. The number of amides is 1. The minimum absolute atomic E-state index is 0.0391. The molecular weight excluding hydrogens is 228 g/mol. The zero-order valence-corrected chi connectivity index (χ0v) is 11.7. The smallest absolute Gasteiger partial charge is 0.240 e. The van der Waals surface area contributed by atoms with Gasteiger partial charge in [-0.15, -0.1) is 0 Å². The molecule has 2 saturated heterocycles. The van der Waals surface area contributed by atoms with Gasteiger partial charge < -0.3 is 9.64 Å². The number of carbonyl (C=O) groups excluding carboxylic acids is 1. The normalized spacial score (nSPS) is 29.3. The summed E-state index contributed by atoms with van der Waals surface area (Å²) in [5, 5.41) is 3.31. The summed E-state index contributed by atoms with van der Waals surface area (Å²) in [4.78, 5) is 14.1. The lowest BCUT2D eigenvalue weighted by atomic mass is 10.0. The summed E-state index contributed by atoms with van der Waals surface area (Å²) >= 11 is 0. The van der Waals surface area contributed by atoms with Crippen molar-refractivity contribution >= 4 is 5.91 Å². The predicted octanol–water partition coefficient (Wildman–Crippen LogP) is 1.75. The number of carbonyl (C=O) groups is 1. The van der Waals surface area contributed by atoms with Gasteiger partial charge in [0.05, 0.1) is 18.8 Å². The number of hydrogen-bond acceptors (Lipinski definition) is 3. The molecule has 104 valence electrons. The van der Waals surface area contributed by atoms with Crippen molar-refractivity contribution in [2.24, 2.45) is 5.92 Å². The Bertz CT molecular complexity index is 275. The first-order valence-electron chi connectivity index (χ1n) is 7.30. The summed E-state index contributed by atoms with van der Waals surface area (Å²) in [7, 11) is 0. The first-order valence-corrected chi connectivity index (χ1v) is 7.30. The molecular formula is C14H26N2O2. The van der Waals surface area contributed by atoms with Crippen LogP contribution in [0.4, 0.5) is 0 Å². The highest BCUT2D eigenvalue weighted by Crippen LogP contribution is 2.18. The largest absolute Gasteiger partial charge is 0.378 e. The van der Waals surface area contributed by atoms with Gasteiger partial charge in [-0.2, -0.15) is 0 Å². The molecule has 4 nitrogen and oxygen atoms in total. The van der Waals surface area contributed by atoms with E-state index >= 15 is 0 Å². The minimum Gasteiger partial charge on any atom is -0.378 e. The van der Waals surface area contributed by atoms with Crippen LogP contribution < -0.4 is 5.32 Å². The average molecular weight is 254 g/mol. The van der Waals surface area contributed by atoms with E-state index in [9.17, 15) is 4.79 Å². The molecule has 0 radical (unpaired) electrons. The van der Waals surface area contributed by atoms with Crippen molar-refractivity contribution in [1.29, 1.82) is 0 Å². The van der Waals surface area contributed by atoms with Gasteiger partial charge in [0, 0.05) is 13.2 Å². The predicted molar refractivity (Wildman–Crippen MR) is 71.2 cm³/mol. The van der Waals surface area contributed by atoms with Gasteiger partial charge in [-0.25, -0.2) is 0 Å². The van der Waals surface area contributed by atoms with Gasteiger partial charge >= 0.3 is 0 Å². The first kappa shape index (κ1) is 13.8. The van der Waals surface area contributed by atoms with Crippen molar-refractivity contribution in [3.05, 3.63) is 0 Å². The van der Waals surface area contributed by atoms with Crippen LogP contribution in [-0.4, -0.2) is 42.8 Å². The fourth-order valence-corrected chi connectivity index (χ4v) is 2.79. The van der Waals surface area contributed by atoms with Crippen LogP contribution in [0.5, 0.6) is 0 Å². The van der Waals surface area contributed by atoms with Crippen LogP contribution in [0, 0.1) is 5.92 Å². The summed E-state index contributed by atoms with van der Waals surface area (Å²) in [6, 6.07) is 0.0391. The van der Waals surface area contributed by atoms with Crippen LogP contribution in [0.2, 0.25) is 0 Å². The molecule has 0 spiro atoms. The number of nitrogens with zero attached hydrogens (tertiary/aromatic N) is 1. The highest BCUT2D eigenvalue weighted by atomic mass is 16.5. The third-order valence-corrected chi connectivity index (χ3v) is 3.84. The minimum atomic E-state index is 0.0391. The summed E-state index contributed by atoms with van der Waals surface area (Å²) in [6.07, 6.45) is 5.92. The van der Waals surface area contributed by atoms with E-state index in [0.29, 0.717) is 18.7 Å². The van der Waals surface area contributed by atoms with Crippen molar-refractivity contribution in [2.45, 2.75) is 58.1 Å². The van der Waals surface area contributed by atoms with Gasteiger partial charge in [0.2, 0.25) is 5.91 Å². The summed E-state index contributed by atoms with van der Waals surface area (Å²) in [5.74, 6) is 0.840. The average Bonchev–Trinajstić information content (AvgIpc) is 2.69. The standard InChI is InChI=1S/C14H26N2O2/c1-11(2)9-13-14(17)16(10-15-13)7-6-12-5-3-4-8-18-12/h11-13,15H,3-10H2,1-2H3. The number of rotatable bonds is 5. The monoisotopic (exact) mass is 254 g/mol. The van der Waals surface area contributed by atoms with Crippen molar-refractivity contribution < 1.29 is 9.53 Å². The molecule has 0 aromatic carbocycles. The van der Waals surface area contributed by atoms with Crippen molar-refractivity contribution in [3.63, 3.8) is 0 Å². The zero-order chi connectivity index (χ0) is 13.0. The maximum Gasteiger partial charge on any atom is 0.240 e. The van der Waals surface area contributed by atoms with Crippen LogP contribution in [-0.2, 0) is 9.53 Å². The van der Waals surface area contributed by atoms with Crippen molar-refractivity contribution in [2.75, 3.05) is 19.8 Å². The van der Waals surface area contributed by atoms with Gasteiger partial charge in [0.15, 0.2) is 0 Å². The Morgan fingerprint density at radius 2 is 2.28 bits per heavy atom. The SMILES string of the molecule is CC(C)CC1NCN(CCC2CCCCO2)C1=O. The van der Waals surface area contributed by atoms with Gasteiger partial charge in [-0.3, -0.25) is 10.1 Å². The third-order valence-electron chi connectivity index (χ3n) is 3.84. The summed E-state index contributed by atoms with van der Waals surface area (Å²) < 4.78 is 5.71. The van der Waals surface area contributed by atoms with E-state index in [4.69, 9.17) is 4.74 Å². The molecule has 0 bridgehead atoms. The highest BCUT2D eigenvalue weighted by Gasteiger charge is 2.31. The summed E-state index contributed by atoms with van der Waals surface area (Å²) in [5.41, 5.74) is 0. The molecule has 2 unspecified atom stereocenters. The van der Waals surface area contributed by atoms with E-state index in [2.05, 4.69) is 19.2 Å². The Morgan fingerprint density at radius 3 is 2.94 bits per heavy atom. The van der Waals surface area contributed by atoms with E-state index in [1.54, 1.807) is 0 Å². The molecule has 2 aliphatic heterocycles. The van der Waals surface area contributed by atoms with Crippen LogP contribution in [0.25, 0.3) is 0 Å². The molecule has 4 heteroatoms. The van der Waals surface area contributed by atoms with Gasteiger partial charge in [0.1, 0.15) is 0 Å². The molecule has 0 aliphatic carbocycles.